The lowest BCUT2D eigenvalue weighted by Crippen LogP contribution is -2.59. The van der Waals surface area contributed by atoms with Crippen LogP contribution in [0.2, 0.25) is 0 Å². The van der Waals surface area contributed by atoms with Crippen LogP contribution in [0.5, 0.6) is 5.75 Å². The third-order valence-electron chi connectivity index (χ3n) is 5.61. The molecule has 10 heteroatoms. The molecule has 2 saturated heterocycles. The zero-order valence-electron chi connectivity index (χ0n) is 17.8. The third kappa shape index (κ3) is 5.63. The van der Waals surface area contributed by atoms with Gasteiger partial charge in [0.25, 0.3) is 0 Å². The van der Waals surface area contributed by atoms with Gasteiger partial charge >= 0.3 is 0 Å². The molecule has 172 valence electrons. The molecule has 3 heterocycles. The molecule has 0 radical (unpaired) electrons. The van der Waals surface area contributed by atoms with E-state index in [1.165, 1.54) is 24.3 Å². The highest BCUT2D eigenvalue weighted by molar-refractivity contribution is 5.78. The van der Waals surface area contributed by atoms with E-state index >= 15 is 0 Å². The van der Waals surface area contributed by atoms with Gasteiger partial charge < -0.3 is 24.0 Å². The van der Waals surface area contributed by atoms with Crippen molar-refractivity contribution >= 4 is 11.8 Å². The van der Waals surface area contributed by atoms with Crippen LogP contribution < -0.4 is 4.74 Å². The molecule has 1 unspecified atom stereocenters. The summed E-state index contributed by atoms with van der Waals surface area (Å²) in [6, 6.07) is 7.42. The second kappa shape index (κ2) is 10.1. The van der Waals surface area contributed by atoms with Gasteiger partial charge in [-0.25, -0.2) is 4.39 Å². The average Bonchev–Trinajstić information content (AvgIpc) is 3.32. The first kappa shape index (κ1) is 22.2. The van der Waals surface area contributed by atoms with Gasteiger partial charge in [-0.1, -0.05) is 0 Å². The maximum atomic E-state index is 13.2. The van der Waals surface area contributed by atoms with E-state index in [0.717, 1.165) is 0 Å². The van der Waals surface area contributed by atoms with Gasteiger partial charge in [0.05, 0.1) is 32.8 Å². The molecule has 4 rings (SSSR count). The highest BCUT2D eigenvalue weighted by Crippen LogP contribution is 2.26. The van der Waals surface area contributed by atoms with Crippen molar-refractivity contribution in [3.8, 4) is 5.75 Å². The number of morpholine rings is 2. The molecular formula is C22H27FN4O5. The zero-order valence-corrected chi connectivity index (χ0v) is 17.8. The molecule has 2 amide bonds. The van der Waals surface area contributed by atoms with Crippen LogP contribution in [0.15, 0.2) is 42.7 Å². The van der Waals surface area contributed by atoms with Crippen molar-refractivity contribution in [2.24, 2.45) is 0 Å². The lowest BCUT2D eigenvalue weighted by molar-refractivity contribution is -0.167. The summed E-state index contributed by atoms with van der Waals surface area (Å²) in [5.74, 6) is -0.0774. The fourth-order valence-electron chi connectivity index (χ4n) is 3.88. The van der Waals surface area contributed by atoms with Crippen LogP contribution in [0.1, 0.15) is 6.42 Å². The molecule has 9 nitrogen and oxygen atoms in total. The molecule has 2 fully saturated rings. The van der Waals surface area contributed by atoms with E-state index in [0.29, 0.717) is 38.6 Å². The minimum atomic E-state index is -1.01. The summed E-state index contributed by atoms with van der Waals surface area (Å²) in [4.78, 5) is 29.3. The third-order valence-corrected chi connectivity index (χ3v) is 5.61. The minimum Gasteiger partial charge on any atom is -0.490 e. The van der Waals surface area contributed by atoms with Crippen molar-refractivity contribution in [2.75, 3.05) is 52.6 Å². The predicted molar refractivity (Wildman–Crippen MR) is 111 cm³/mol. The number of nitrogens with zero attached hydrogens (tertiary/aromatic N) is 4. The van der Waals surface area contributed by atoms with Gasteiger partial charge in [0.2, 0.25) is 11.8 Å². The summed E-state index contributed by atoms with van der Waals surface area (Å²) >= 11 is 0. The number of carbonyl (C=O) groups is 2. The van der Waals surface area contributed by atoms with Crippen LogP contribution in [0.25, 0.3) is 0 Å². The Balaban J connectivity index is 1.48. The van der Waals surface area contributed by atoms with Crippen molar-refractivity contribution < 1.29 is 28.2 Å². The fourth-order valence-corrected chi connectivity index (χ4v) is 3.88. The first-order valence-corrected chi connectivity index (χ1v) is 10.7. The number of carbonyl (C=O) groups excluding carboxylic acids is 2. The lowest BCUT2D eigenvalue weighted by atomic mass is 9.96. The molecule has 0 aliphatic carbocycles. The van der Waals surface area contributed by atoms with Gasteiger partial charge in [-0.3, -0.25) is 14.3 Å². The largest absolute Gasteiger partial charge is 0.490 e. The van der Waals surface area contributed by atoms with Crippen molar-refractivity contribution in [1.29, 1.82) is 0 Å². The van der Waals surface area contributed by atoms with Crippen LogP contribution in [-0.2, 0) is 25.6 Å². The minimum absolute atomic E-state index is 0.0558. The Labute approximate surface area is 185 Å². The van der Waals surface area contributed by atoms with Gasteiger partial charge in [-0.05, 0) is 30.3 Å². The van der Waals surface area contributed by atoms with E-state index in [4.69, 9.17) is 14.2 Å². The summed E-state index contributed by atoms with van der Waals surface area (Å²) in [5, 5.41) is 4.09. The number of aromatic nitrogens is 2. The highest BCUT2D eigenvalue weighted by atomic mass is 19.1. The Kier molecular flexibility index (Phi) is 7.01. The summed E-state index contributed by atoms with van der Waals surface area (Å²) < 4.78 is 32.1. The van der Waals surface area contributed by atoms with Crippen LogP contribution in [-0.4, -0.2) is 89.6 Å². The molecule has 1 aromatic carbocycles. The van der Waals surface area contributed by atoms with E-state index in [1.807, 2.05) is 0 Å². The Morgan fingerprint density at radius 2 is 1.81 bits per heavy atom. The Bertz CT molecular complexity index is 902. The normalized spacial score (nSPS) is 21.4. The van der Waals surface area contributed by atoms with Gasteiger partial charge in [0.1, 0.15) is 30.3 Å². The summed E-state index contributed by atoms with van der Waals surface area (Å²) in [6.45, 7) is 3.13. The SMILES string of the molecule is O=C(CC1(COc2ccc(F)cc2)CN(C(=O)Cn2cccn2)CCO1)N1CCOCC1. The van der Waals surface area contributed by atoms with Crippen LogP contribution in [0.3, 0.4) is 0 Å². The predicted octanol–water partition coefficient (Wildman–Crippen LogP) is 0.948. The molecule has 32 heavy (non-hydrogen) atoms. The second-order valence-corrected chi connectivity index (χ2v) is 7.96. The molecular weight excluding hydrogens is 419 g/mol. The first-order chi connectivity index (χ1) is 15.5. The Morgan fingerprint density at radius 1 is 1.06 bits per heavy atom. The topological polar surface area (TPSA) is 86.1 Å². The number of hydrogen-bond donors (Lipinski definition) is 0. The number of amides is 2. The molecule has 1 aromatic heterocycles. The van der Waals surface area contributed by atoms with Gasteiger partial charge in [0.15, 0.2) is 0 Å². The van der Waals surface area contributed by atoms with Gasteiger partial charge in [-0.15, -0.1) is 0 Å². The van der Waals surface area contributed by atoms with Crippen molar-refractivity contribution in [3.05, 3.63) is 48.5 Å². The number of hydrogen-bond acceptors (Lipinski definition) is 6. The van der Waals surface area contributed by atoms with E-state index in [2.05, 4.69) is 5.10 Å². The molecule has 0 bridgehead atoms. The Hall–Kier alpha value is -2.98. The number of rotatable bonds is 7. The maximum Gasteiger partial charge on any atom is 0.244 e. The van der Waals surface area contributed by atoms with Crippen molar-refractivity contribution in [3.63, 3.8) is 0 Å². The zero-order chi connectivity index (χ0) is 22.4. The molecule has 0 spiro atoms. The highest BCUT2D eigenvalue weighted by Gasteiger charge is 2.42. The van der Waals surface area contributed by atoms with Crippen LogP contribution >= 0.6 is 0 Å². The number of benzene rings is 1. The average molecular weight is 446 g/mol. The van der Waals surface area contributed by atoms with Gasteiger partial charge in [-0.2, -0.15) is 5.10 Å². The molecule has 0 saturated carbocycles. The van der Waals surface area contributed by atoms with Crippen molar-refractivity contribution in [2.45, 2.75) is 18.6 Å². The molecule has 2 aliphatic heterocycles. The molecule has 1 atom stereocenters. The summed E-state index contributed by atoms with van der Waals surface area (Å²) in [7, 11) is 0. The fraction of sp³-hybridized carbons (Fsp3) is 0.500. The molecule has 2 aliphatic rings. The van der Waals surface area contributed by atoms with E-state index in [9.17, 15) is 14.0 Å². The standard InChI is InChI=1S/C22H27FN4O5/c23-18-2-4-19(5-3-18)31-17-22(14-20(28)25-8-11-30-12-9-25)16-26(10-13-32-22)21(29)15-27-7-1-6-24-27/h1-7H,8-17H2. The van der Waals surface area contributed by atoms with E-state index in [-0.39, 0.29) is 50.4 Å². The monoisotopic (exact) mass is 446 g/mol. The molecule has 0 N–H and O–H groups in total. The summed E-state index contributed by atoms with van der Waals surface area (Å²) in [6.07, 6.45) is 3.42. The van der Waals surface area contributed by atoms with Crippen LogP contribution in [0.4, 0.5) is 4.39 Å². The van der Waals surface area contributed by atoms with Gasteiger partial charge in [0, 0.05) is 32.0 Å². The maximum absolute atomic E-state index is 13.2. The first-order valence-electron chi connectivity index (χ1n) is 10.7. The quantitative estimate of drug-likeness (QED) is 0.630. The number of halogens is 1. The Morgan fingerprint density at radius 3 is 2.53 bits per heavy atom. The van der Waals surface area contributed by atoms with E-state index in [1.54, 1.807) is 32.9 Å². The van der Waals surface area contributed by atoms with Crippen LogP contribution in [0, 0.1) is 5.82 Å². The number of ether oxygens (including phenoxy) is 3. The lowest BCUT2D eigenvalue weighted by Gasteiger charge is -2.43. The smallest absolute Gasteiger partial charge is 0.244 e. The second-order valence-electron chi connectivity index (χ2n) is 7.96. The molecule has 2 aromatic rings. The van der Waals surface area contributed by atoms with Crippen molar-refractivity contribution in [1.82, 2.24) is 19.6 Å². The summed E-state index contributed by atoms with van der Waals surface area (Å²) in [5.41, 5.74) is -1.01. The van der Waals surface area contributed by atoms with E-state index < -0.39 is 5.60 Å².